The van der Waals surface area contributed by atoms with Crippen molar-refractivity contribution < 1.29 is 17.6 Å². The molecule has 0 aliphatic rings. The van der Waals surface area contributed by atoms with Gasteiger partial charge in [0, 0.05) is 11.6 Å². The van der Waals surface area contributed by atoms with Crippen LogP contribution >= 0.6 is 11.6 Å². The highest BCUT2D eigenvalue weighted by Gasteiger charge is 2.18. The van der Waals surface area contributed by atoms with E-state index in [1.54, 1.807) is 0 Å². The van der Waals surface area contributed by atoms with E-state index in [0.717, 1.165) is 30.3 Å². The molecule has 0 amide bonds. The molecule has 1 atom stereocenters. The molecule has 112 valence electrons. The maximum Gasteiger partial charge on any atom is 0.142 e. The number of halogens is 5. The molecule has 2 nitrogen and oxygen atoms in total. The first-order valence-electron chi connectivity index (χ1n) is 5.96. The largest absolute Gasteiger partial charge is 0.271 e. The molecule has 0 aliphatic carbocycles. The van der Waals surface area contributed by atoms with E-state index in [-0.39, 0.29) is 22.6 Å². The molecule has 0 aromatic heterocycles. The Kier molecular flexibility index (Phi) is 4.82. The summed E-state index contributed by atoms with van der Waals surface area (Å²) in [6.45, 7) is 0. The monoisotopic (exact) mass is 318 g/mol. The number of hydrogen-bond donors (Lipinski definition) is 2. The van der Waals surface area contributed by atoms with Gasteiger partial charge in [0.25, 0.3) is 0 Å². The first-order chi connectivity index (χ1) is 9.90. The minimum Gasteiger partial charge on any atom is -0.271 e. The fraction of sp³-hybridized carbons (Fsp3) is 0.143. The van der Waals surface area contributed by atoms with Crippen LogP contribution in [0.4, 0.5) is 17.6 Å². The summed E-state index contributed by atoms with van der Waals surface area (Å²) in [5.74, 6) is 2.24. The van der Waals surface area contributed by atoms with Crippen LogP contribution in [0, 0.1) is 23.3 Å². The van der Waals surface area contributed by atoms with Crippen molar-refractivity contribution in [3.05, 3.63) is 69.8 Å². The Balaban J connectivity index is 2.34. The number of hydrogen-bond acceptors (Lipinski definition) is 2. The second-order valence-corrected chi connectivity index (χ2v) is 4.90. The lowest BCUT2D eigenvalue weighted by Gasteiger charge is -2.18. The Morgan fingerprint density at radius 1 is 0.952 bits per heavy atom. The maximum absolute atomic E-state index is 13.8. The maximum atomic E-state index is 13.8. The molecule has 2 aromatic rings. The van der Waals surface area contributed by atoms with E-state index < -0.39 is 29.3 Å². The molecule has 0 fully saturated rings. The van der Waals surface area contributed by atoms with E-state index in [1.165, 1.54) is 0 Å². The van der Waals surface area contributed by atoms with Gasteiger partial charge in [-0.15, -0.1) is 0 Å². The molecule has 0 saturated carbocycles. The van der Waals surface area contributed by atoms with Crippen molar-refractivity contribution in [1.82, 2.24) is 5.43 Å². The van der Waals surface area contributed by atoms with Gasteiger partial charge in [0.1, 0.15) is 23.3 Å². The summed E-state index contributed by atoms with van der Waals surface area (Å²) in [4.78, 5) is 0. The van der Waals surface area contributed by atoms with Crippen LogP contribution in [0.3, 0.4) is 0 Å². The van der Waals surface area contributed by atoms with Gasteiger partial charge in [-0.25, -0.2) is 17.6 Å². The topological polar surface area (TPSA) is 38.0 Å². The standard InChI is InChI=1S/C14H11ClF4N2/c15-11-6-12(18)10(5-13(11)19)14(21-20)3-7-1-8(16)4-9(17)2-7/h1-2,4-6,14,21H,3,20H2. The first-order valence-corrected chi connectivity index (χ1v) is 6.34. The van der Waals surface area contributed by atoms with Crippen LogP contribution in [0.1, 0.15) is 17.2 Å². The lowest BCUT2D eigenvalue weighted by atomic mass is 9.98. The van der Waals surface area contributed by atoms with Crippen LogP contribution in [0.2, 0.25) is 5.02 Å². The van der Waals surface area contributed by atoms with Crippen molar-refractivity contribution in [3.63, 3.8) is 0 Å². The molecular weight excluding hydrogens is 308 g/mol. The third kappa shape index (κ3) is 3.72. The van der Waals surface area contributed by atoms with Gasteiger partial charge in [0.05, 0.1) is 11.1 Å². The zero-order valence-corrected chi connectivity index (χ0v) is 11.4. The summed E-state index contributed by atoms with van der Waals surface area (Å²) in [7, 11) is 0. The molecule has 0 heterocycles. The van der Waals surface area contributed by atoms with Crippen molar-refractivity contribution in [2.75, 3.05) is 0 Å². The minimum atomic E-state index is -0.863. The smallest absolute Gasteiger partial charge is 0.142 e. The predicted molar refractivity (Wildman–Crippen MR) is 71.5 cm³/mol. The van der Waals surface area contributed by atoms with Gasteiger partial charge in [-0.2, -0.15) is 0 Å². The van der Waals surface area contributed by atoms with Gasteiger partial charge in [-0.3, -0.25) is 11.3 Å². The quantitative estimate of drug-likeness (QED) is 0.391. The highest BCUT2D eigenvalue weighted by molar-refractivity contribution is 6.30. The Labute approximate surface area is 123 Å². The number of benzene rings is 2. The van der Waals surface area contributed by atoms with Gasteiger partial charge in [0.15, 0.2) is 0 Å². The molecule has 0 bridgehead atoms. The van der Waals surface area contributed by atoms with E-state index in [4.69, 9.17) is 17.4 Å². The van der Waals surface area contributed by atoms with Crippen molar-refractivity contribution in [3.8, 4) is 0 Å². The second-order valence-electron chi connectivity index (χ2n) is 4.49. The van der Waals surface area contributed by atoms with Gasteiger partial charge >= 0.3 is 0 Å². The van der Waals surface area contributed by atoms with E-state index >= 15 is 0 Å². The molecule has 0 saturated heterocycles. The lowest BCUT2D eigenvalue weighted by molar-refractivity contribution is 0.499. The Morgan fingerprint density at radius 2 is 1.57 bits per heavy atom. The normalized spacial score (nSPS) is 12.5. The average molecular weight is 319 g/mol. The van der Waals surface area contributed by atoms with Crippen LogP contribution in [-0.2, 0) is 6.42 Å². The number of nitrogens with one attached hydrogen (secondary N) is 1. The minimum absolute atomic E-state index is 0.0246. The summed E-state index contributed by atoms with van der Waals surface area (Å²) in [5, 5.41) is -0.358. The SMILES string of the molecule is NNC(Cc1cc(F)cc(F)c1)c1cc(F)c(Cl)cc1F. The fourth-order valence-electron chi connectivity index (χ4n) is 2.03. The van der Waals surface area contributed by atoms with Crippen molar-refractivity contribution >= 4 is 11.6 Å². The summed E-state index contributed by atoms with van der Waals surface area (Å²) in [6.07, 6.45) is -0.0246. The zero-order valence-electron chi connectivity index (χ0n) is 10.6. The molecule has 7 heteroatoms. The summed E-state index contributed by atoms with van der Waals surface area (Å²) < 4.78 is 53.5. The highest BCUT2D eigenvalue weighted by atomic mass is 35.5. The Hall–Kier alpha value is -1.63. The molecule has 0 spiro atoms. The Bertz CT molecular complexity index is 643. The van der Waals surface area contributed by atoms with Crippen LogP contribution < -0.4 is 11.3 Å². The molecule has 2 rings (SSSR count). The molecule has 0 aliphatic heterocycles. The van der Waals surface area contributed by atoms with Gasteiger partial charge in [0.2, 0.25) is 0 Å². The molecule has 0 radical (unpaired) electrons. The van der Waals surface area contributed by atoms with Crippen molar-refractivity contribution in [1.29, 1.82) is 0 Å². The van der Waals surface area contributed by atoms with Crippen LogP contribution in [0.25, 0.3) is 0 Å². The van der Waals surface area contributed by atoms with Crippen molar-refractivity contribution in [2.24, 2.45) is 5.84 Å². The van der Waals surface area contributed by atoms with E-state index in [0.29, 0.717) is 0 Å². The van der Waals surface area contributed by atoms with E-state index in [2.05, 4.69) is 5.43 Å². The molecule has 3 N–H and O–H groups in total. The summed E-state index contributed by atoms with van der Waals surface area (Å²) in [6, 6.07) is 3.77. The van der Waals surface area contributed by atoms with Gasteiger partial charge < -0.3 is 0 Å². The second kappa shape index (κ2) is 6.43. The van der Waals surface area contributed by atoms with Gasteiger partial charge in [-0.1, -0.05) is 11.6 Å². The van der Waals surface area contributed by atoms with Gasteiger partial charge in [-0.05, 0) is 36.2 Å². The van der Waals surface area contributed by atoms with Crippen LogP contribution in [0.5, 0.6) is 0 Å². The fourth-order valence-corrected chi connectivity index (χ4v) is 2.18. The van der Waals surface area contributed by atoms with E-state index in [9.17, 15) is 17.6 Å². The molecule has 21 heavy (non-hydrogen) atoms. The zero-order chi connectivity index (χ0) is 15.6. The van der Waals surface area contributed by atoms with Crippen LogP contribution in [0.15, 0.2) is 30.3 Å². The first kappa shape index (κ1) is 15.8. The van der Waals surface area contributed by atoms with Crippen molar-refractivity contribution in [2.45, 2.75) is 12.5 Å². The molecule has 2 aromatic carbocycles. The third-order valence-corrected chi connectivity index (χ3v) is 3.27. The number of nitrogens with two attached hydrogens (primary N) is 1. The van der Waals surface area contributed by atoms with E-state index in [1.807, 2.05) is 0 Å². The predicted octanol–water partition coefficient (Wildman–Crippen LogP) is 3.64. The van der Waals surface area contributed by atoms with Crippen LogP contribution in [-0.4, -0.2) is 0 Å². The average Bonchev–Trinajstić information content (AvgIpc) is 2.39. The summed E-state index contributed by atoms with van der Waals surface area (Å²) >= 11 is 5.47. The summed E-state index contributed by atoms with van der Waals surface area (Å²) in [5.41, 5.74) is 2.47. The number of rotatable bonds is 4. The lowest BCUT2D eigenvalue weighted by Crippen LogP contribution is -2.30. The number of hydrazine groups is 1. The third-order valence-electron chi connectivity index (χ3n) is 2.98. The Morgan fingerprint density at radius 3 is 2.14 bits per heavy atom. The highest BCUT2D eigenvalue weighted by Crippen LogP contribution is 2.26. The molecular formula is C14H11ClF4N2. The molecule has 1 unspecified atom stereocenters.